The summed E-state index contributed by atoms with van der Waals surface area (Å²) in [5.74, 6) is 10.0. The first-order valence-electron chi connectivity index (χ1n) is 10.3. The van der Waals surface area contributed by atoms with Gasteiger partial charge in [0.1, 0.15) is 0 Å². The third kappa shape index (κ3) is 4.44. The molecule has 2 aliphatic carbocycles. The lowest BCUT2D eigenvalue weighted by Gasteiger charge is -2.37. The fraction of sp³-hybridized carbons (Fsp3) is 0.667. The number of aryl methyl sites for hydroxylation is 1. The Morgan fingerprint density at radius 3 is 1.96 bits per heavy atom. The molecule has 0 bridgehead atoms. The molecule has 24 heavy (non-hydrogen) atoms. The van der Waals surface area contributed by atoms with Gasteiger partial charge in [0, 0.05) is 5.92 Å². The Labute approximate surface area is 149 Å². The van der Waals surface area contributed by atoms with Gasteiger partial charge < -0.3 is 0 Å². The van der Waals surface area contributed by atoms with Crippen molar-refractivity contribution in [2.45, 2.75) is 84.0 Å². The van der Waals surface area contributed by atoms with Crippen LogP contribution in [-0.2, 0) is 6.42 Å². The summed E-state index contributed by atoms with van der Waals surface area (Å²) in [5.41, 5.74) is 3.09. The van der Waals surface area contributed by atoms with Gasteiger partial charge in [0.2, 0.25) is 0 Å². The van der Waals surface area contributed by atoms with E-state index in [0.29, 0.717) is 5.92 Å². The molecule has 130 valence electrons. The first-order chi connectivity index (χ1) is 11.8. The van der Waals surface area contributed by atoms with Gasteiger partial charge in [-0.15, -0.1) is 11.8 Å². The predicted molar refractivity (Wildman–Crippen MR) is 104 cm³/mol. The van der Waals surface area contributed by atoms with E-state index in [4.69, 9.17) is 0 Å². The molecular weight excluding hydrogens is 288 g/mol. The minimum Gasteiger partial charge on any atom is -0.106 e. The highest BCUT2D eigenvalue weighted by Gasteiger charge is 2.30. The van der Waals surface area contributed by atoms with Crippen molar-refractivity contribution < 1.29 is 0 Å². The molecule has 0 nitrogen and oxygen atoms in total. The van der Waals surface area contributed by atoms with Crippen LogP contribution in [0.15, 0.2) is 24.3 Å². The second-order valence-electron chi connectivity index (χ2n) is 8.11. The minimum atomic E-state index is 0.698. The number of benzene rings is 1. The first-order valence-corrected chi connectivity index (χ1v) is 10.3. The smallest absolute Gasteiger partial charge is 0.0203 e. The summed E-state index contributed by atoms with van der Waals surface area (Å²) in [6.07, 6.45) is 13.8. The molecule has 0 spiro atoms. The molecule has 0 heterocycles. The van der Waals surface area contributed by atoms with Crippen molar-refractivity contribution in [1.29, 1.82) is 0 Å². The standard InChI is InChI=1S/C24H34/c1-3-5-19-7-11-21(12-8-19)23-15-17-24(18-16-23)22-13-9-20(6-4-2)10-14-22/h7-8,11-12,20,22-24H,3,5,9-10,13-18H2,1-2H3. The summed E-state index contributed by atoms with van der Waals surface area (Å²) >= 11 is 0. The maximum absolute atomic E-state index is 3.40. The second-order valence-corrected chi connectivity index (χ2v) is 8.11. The van der Waals surface area contributed by atoms with E-state index < -0.39 is 0 Å². The van der Waals surface area contributed by atoms with Crippen molar-refractivity contribution in [3.8, 4) is 11.8 Å². The molecule has 1 aromatic carbocycles. The van der Waals surface area contributed by atoms with Crippen LogP contribution >= 0.6 is 0 Å². The molecule has 1 aromatic rings. The van der Waals surface area contributed by atoms with Crippen LogP contribution < -0.4 is 0 Å². The Balaban J connectivity index is 1.48. The largest absolute Gasteiger partial charge is 0.106 e. The minimum absolute atomic E-state index is 0.698. The monoisotopic (exact) mass is 322 g/mol. The van der Waals surface area contributed by atoms with Crippen molar-refractivity contribution in [3.63, 3.8) is 0 Å². The molecule has 0 saturated heterocycles. The summed E-state index contributed by atoms with van der Waals surface area (Å²) in [6, 6.07) is 9.54. The van der Waals surface area contributed by atoms with Gasteiger partial charge in [0.25, 0.3) is 0 Å². The van der Waals surface area contributed by atoms with Gasteiger partial charge in [-0.3, -0.25) is 0 Å². The first kappa shape index (κ1) is 17.6. The van der Waals surface area contributed by atoms with Gasteiger partial charge in [-0.1, -0.05) is 37.6 Å². The van der Waals surface area contributed by atoms with Gasteiger partial charge >= 0.3 is 0 Å². The Morgan fingerprint density at radius 2 is 1.42 bits per heavy atom. The number of rotatable bonds is 4. The quantitative estimate of drug-likeness (QED) is 0.538. The fourth-order valence-corrected chi connectivity index (χ4v) is 5.11. The maximum atomic E-state index is 3.40. The molecule has 3 rings (SSSR count). The van der Waals surface area contributed by atoms with Crippen LogP contribution in [-0.4, -0.2) is 0 Å². The number of hydrogen-bond acceptors (Lipinski definition) is 0. The van der Waals surface area contributed by atoms with E-state index in [9.17, 15) is 0 Å². The third-order valence-electron chi connectivity index (χ3n) is 6.55. The molecule has 0 N–H and O–H groups in total. The van der Waals surface area contributed by atoms with E-state index in [1.54, 1.807) is 5.56 Å². The van der Waals surface area contributed by atoms with E-state index in [1.807, 2.05) is 6.92 Å². The van der Waals surface area contributed by atoms with E-state index in [-0.39, 0.29) is 0 Å². The zero-order valence-corrected chi connectivity index (χ0v) is 15.7. The Morgan fingerprint density at radius 1 is 0.833 bits per heavy atom. The molecule has 0 unspecified atom stereocenters. The van der Waals surface area contributed by atoms with Crippen molar-refractivity contribution >= 4 is 0 Å². The lowest BCUT2D eigenvalue weighted by Crippen LogP contribution is -2.25. The Bertz CT molecular complexity index is 540. The van der Waals surface area contributed by atoms with E-state index in [1.165, 1.54) is 69.8 Å². The van der Waals surface area contributed by atoms with Crippen molar-refractivity contribution in [2.24, 2.45) is 17.8 Å². The lowest BCUT2D eigenvalue weighted by atomic mass is 9.68. The fourth-order valence-electron chi connectivity index (χ4n) is 5.11. The topological polar surface area (TPSA) is 0 Å². The normalized spacial score (nSPS) is 30.4. The van der Waals surface area contributed by atoms with Crippen molar-refractivity contribution in [2.75, 3.05) is 0 Å². The van der Waals surface area contributed by atoms with Gasteiger partial charge in [-0.25, -0.2) is 0 Å². The molecular formula is C24H34. The summed E-state index contributed by atoms with van der Waals surface area (Å²) in [4.78, 5) is 0. The van der Waals surface area contributed by atoms with E-state index in [0.717, 1.165) is 17.8 Å². The Hall–Kier alpha value is -1.22. The molecule has 2 fully saturated rings. The van der Waals surface area contributed by atoms with Crippen LogP contribution in [0.3, 0.4) is 0 Å². The van der Waals surface area contributed by atoms with Crippen molar-refractivity contribution in [3.05, 3.63) is 35.4 Å². The summed E-state index contributed by atoms with van der Waals surface area (Å²) in [7, 11) is 0. The maximum Gasteiger partial charge on any atom is 0.0203 e. The summed E-state index contributed by atoms with van der Waals surface area (Å²) < 4.78 is 0. The van der Waals surface area contributed by atoms with Crippen LogP contribution in [0.5, 0.6) is 0 Å². The highest BCUT2D eigenvalue weighted by Crippen LogP contribution is 2.43. The molecule has 0 amide bonds. The molecule has 0 heteroatoms. The highest BCUT2D eigenvalue weighted by atomic mass is 14.4. The van der Waals surface area contributed by atoms with Crippen LogP contribution in [0, 0.1) is 29.6 Å². The lowest BCUT2D eigenvalue weighted by molar-refractivity contribution is 0.173. The van der Waals surface area contributed by atoms with Crippen molar-refractivity contribution in [1.82, 2.24) is 0 Å². The molecule has 2 saturated carbocycles. The molecule has 0 aliphatic heterocycles. The molecule has 0 atom stereocenters. The summed E-state index contributed by atoms with van der Waals surface area (Å²) in [6.45, 7) is 4.25. The second kappa shape index (κ2) is 8.75. The molecule has 0 radical (unpaired) electrons. The average Bonchev–Trinajstić information content (AvgIpc) is 2.64. The van der Waals surface area contributed by atoms with Crippen LogP contribution in [0.2, 0.25) is 0 Å². The van der Waals surface area contributed by atoms with Gasteiger partial charge in [-0.05, 0) is 93.6 Å². The van der Waals surface area contributed by atoms with E-state index >= 15 is 0 Å². The zero-order chi connectivity index (χ0) is 16.8. The zero-order valence-electron chi connectivity index (χ0n) is 15.7. The van der Waals surface area contributed by atoms with Crippen LogP contribution in [0.25, 0.3) is 0 Å². The molecule has 0 aromatic heterocycles. The van der Waals surface area contributed by atoms with Gasteiger partial charge in [0.05, 0.1) is 0 Å². The van der Waals surface area contributed by atoms with Crippen LogP contribution in [0.4, 0.5) is 0 Å². The van der Waals surface area contributed by atoms with E-state index in [2.05, 4.69) is 43.0 Å². The van der Waals surface area contributed by atoms with Gasteiger partial charge in [-0.2, -0.15) is 0 Å². The SMILES string of the molecule is CC#CC1CCC(C2CCC(c3ccc(CCC)cc3)CC2)CC1. The molecule has 2 aliphatic rings. The average molecular weight is 323 g/mol. The predicted octanol–water partition coefficient (Wildman–Crippen LogP) is 6.74. The van der Waals surface area contributed by atoms with Crippen LogP contribution in [0.1, 0.15) is 88.7 Å². The number of hydrogen-bond donors (Lipinski definition) is 0. The summed E-state index contributed by atoms with van der Waals surface area (Å²) in [5, 5.41) is 0. The van der Waals surface area contributed by atoms with Gasteiger partial charge in [0.15, 0.2) is 0 Å². The Kier molecular flexibility index (Phi) is 6.42. The third-order valence-corrected chi connectivity index (χ3v) is 6.55. The highest BCUT2D eigenvalue weighted by molar-refractivity contribution is 5.26.